The Morgan fingerprint density at radius 1 is 1.08 bits per heavy atom. The Bertz CT molecular complexity index is 1020. The second kappa shape index (κ2) is 6.45. The Morgan fingerprint density at radius 3 is 2.76 bits per heavy atom. The zero-order chi connectivity index (χ0) is 17.2. The molecule has 0 radical (unpaired) electrons. The van der Waals surface area contributed by atoms with Gasteiger partial charge in [0.05, 0.1) is 15.8 Å². The SMILES string of the molecule is Cc1ccc(-c2nc3ccccc3s2)cc1NC(=O)c1cccnc1. The minimum atomic E-state index is -0.169. The van der Waals surface area contributed by atoms with E-state index in [0.29, 0.717) is 5.56 Å². The Morgan fingerprint density at radius 2 is 1.96 bits per heavy atom. The third kappa shape index (κ3) is 3.14. The summed E-state index contributed by atoms with van der Waals surface area (Å²) in [4.78, 5) is 21.1. The quantitative estimate of drug-likeness (QED) is 0.573. The summed E-state index contributed by atoms with van der Waals surface area (Å²) in [6.45, 7) is 1.97. The second-order valence-electron chi connectivity index (χ2n) is 5.71. The molecule has 1 amide bonds. The van der Waals surface area contributed by atoms with Gasteiger partial charge in [0.25, 0.3) is 5.91 Å². The zero-order valence-electron chi connectivity index (χ0n) is 13.6. The molecule has 4 aromatic rings. The molecule has 4 rings (SSSR count). The summed E-state index contributed by atoms with van der Waals surface area (Å²) in [7, 11) is 0. The Hall–Kier alpha value is -3.05. The Labute approximate surface area is 149 Å². The minimum Gasteiger partial charge on any atom is -0.322 e. The van der Waals surface area contributed by atoms with Gasteiger partial charge in [-0.2, -0.15) is 0 Å². The van der Waals surface area contributed by atoms with E-state index in [2.05, 4.69) is 21.4 Å². The van der Waals surface area contributed by atoms with Gasteiger partial charge in [0, 0.05) is 23.6 Å². The lowest BCUT2D eigenvalue weighted by atomic mass is 10.1. The highest BCUT2D eigenvalue weighted by Gasteiger charge is 2.11. The smallest absolute Gasteiger partial charge is 0.257 e. The van der Waals surface area contributed by atoms with Gasteiger partial charge in [-0.15, -0.1) is 11.3 Å². The van der Waals surface area contributed by atoms with Gasteiger partial charge in [0.2, 0.25) is 0 Å². The predicted molar refractivity (Wildman–Crippen MR) is 102 cm³/mol. The Kier molecular flexibility index (Phi) is 3.99. The number of para-hydroxylation sites is 1. The summed E-state index contributed by atoms with van der Waals surface area (Å²) >= 11 is 1.65. The molecule has 0 aliphatic heterocycles. The van der Waals surface area contributed by atoms with E-state index in [1.807, 2.05) is 43.3 Å². The molecule has 0 unspecified atom stereocenters. The van der Waals surface area contributed by atoms with E-state index in [4.69, 9.17) is 0 Å². The lowest BCUT2D eigenvalue weighted by molar-refractivity contribution is 0.102. The molecule has 5 heteroatoms. The predicted octanol–water partition coefficient (Wildman–Crippen LogP) is 4.92. The first-order valence-electron chi connectivity index (χ1n) is 7.89. The first kappa shape index (κ1) is 15.5. The molecule has 0 aliphatic carbocycles. The van der Waals surface area contributed by atoms with E-state index in [0.717, 1.165) is 32.0 Å². The van der Waals surface area contributed by atoms with Crippen molar-refractivity contribution >= 4 is 33.1 Å². The van der Waals surface area contributed by atoms with E-state index in [1.54, 1.807) is 35.9 Å². The number of aryl methyl sites for hydroxylation is 1. The standard InChI is InChI=1S/C20H15N3OS/c1-13-8-9-14(20-23-16-6-2-3-7-18(16)25-20)11-17(13)22-19(24)15-5-4-10-21-12-15/h2-12H,1H3,(H,22,24). The van der Waals surface area contributed by atoms with Crippen LogP contribution in [0.25, 0.3) is 20.8 Å². The van der Waals surface area contributed by atoms with Crippen LogP contribution in [0, 0.1) is 6.92 Å². The van der Waals surface area contributed by atoms with Gasteiger partial charge in [0.1, 0.15) is 5.01 Å². The maximum atomic E-state index is 12.4. The summed E-state index contributed by atoms with van der Waals surface area (Å²) in [5.41, 5.74) is 4.30. The van der Waals surface area contributed by atoms with Crippen LogP contribution < -0.4 is 5.32 Å². The number of anilines is 1. The fourth-order valence-corrected chi connectivity index (χ4v) is 3.54. The normalized spacial score (nSPS) is 10.8. The molecule has 122 valence electrons. The van der Waals surface area contributed by atoms with Crippen LogP contribution in [0.15, 0.2) is 67.0 Å². The first-order valence-corrected chi connectivity index (χ1v) is 8.70. The molecule has 1 N–H and O–H groups in total. The van der Waals surface area contributed by atoms with Gasteiger partial charge >= 0.3 is 0 Å². The van der Waals surface area contributed by atoms with Crippen molar-refractivity contribution in [3.8, 4) is 10.6 Å². The van der Waals surface area contributed by atoms with Crippen LogP contribution in [-0.2, 0) is 0 Å². The largest absolute Gasteiger partial charge is 0.322 e. The van der Waals surface area contributed by atoms with Crippen molar-refractivity contribution in [1.29, 1.82) is 0 Å². The number of amides is 1. The van der Waals surface area contributed by atoms with Gasteiger partial charge in [-0.3, -0.25) is 9.78 Å². The summed E-state index contributed by atoms with van der Waals surface area (Å²) in [5, 5.41) is 3.91. The van der Waals surface area contributed by atoms with Crippen molar-refractivity contribution in [3.63, 3.8) is 0 Å². The maximum absolute atomic E-state index is 12.4. The van der Waals surface area contributed by atoms with Gasteiger partial charge < -0.3 is 5.32 Å². The number of fused-ring (bicyclic) bond motifs is 1. The maximum Gasteiger partial charge on any atom is 0.257 e. The number of benzene rings is 2. The number of thiazole rings is 1. The Balaban J connectivity index is 1.67. The van der Waals surface area contributed by atoms with Crippen LogP contribution in [-0.4, -0.2) is 15.9 Å². The number of nitrogens with zero attached hydrogens (tertiary/aromatic N) is 2. The van der Waals surface area contributed by atoms with Crippen LogP contribution in [0.3, 0.4) is 0 Å². The van der Waals surface area contributed by atoms with Crippen molar-refractivity contribution in [2.24, 2.45) is 0 Å². The van der Waals surface area contributed by atoms with E-state index in [1.165, 1.54) is 0 Å². The lowest BCUT2D eigenvalue weighted by Crippen LogP contribution is -2.12. The number of hydrogen-bond acceptors (Lipinski definition) is 4. The van der Waals surface area contributed by atoms with Gasteiger partial charge in [0.15, 0.2) is 0 Å². The average molecular weight is 345 g/mol. The van der Waals surface area contributed by atoms with E-state index in [9.17, 15) is 4.79 Å². The molecule has 0 atom stereocenters. The monoisotopic (exact) mass is 345 g/mol. The third-order valence-corrected chi connectivity index (χ3v) is 5.04. The van der Waals surface area contributed by atoms with Gasteiger partial charge in [-0.1, -0.05) is 24.3 Å². The highest BCUT2D eigenvalue weighted by Crippen LogP contribution is 2.32. The summed E-state index contributed by atoms with van der Waals surface area (Å²) in [6.07, 6.45) is 3.21. The molecular weight excluding hydrogens is 330 g/mol. The van der Waals surface area contributed by atoms with Gasteiger partial charge in [-0.05, 0) is 42.8 Å². The third-order valence-electron chi connectivity index (χ3n) is 3.95. The molecule has 0 saturated heterocycles. The average Bonchev–Trinajstić information content (AvgIpc) is 3.08. The number of nitrogens with one attached hydrogen (secondary N) is 1. The molecule has 0 bridgehead atoms. The number of hydrogen-bond donors (Lipinski definition) is 1. The van der Waals surface area contributed by atoms with E-state index >= 15 is 0 Å². The van der Waals surface area contributed by atoms with Crippen molar-refractivity contribution in [2.45, 2.75) is 6.92 Å². The van der Waals surface area contributed by atoms with E-state index in [-0.39, 0.29) is 5.91 Å². The fourth-order valence-electron chi connectivity index (χ4n) is 2.58. The molecule has 0 spiro atoms. The molecule has 0 fully saturated rings. The second-order valence-corrected chi connectivity index (χ2v) is 6.74. The molecule has 2 aromatic heterocycles. The molecule has 0 saturated carbocycles. The van der Waals surface area contributed by atoms with Crippen molar-refractivity contribution < 1.29 is 4.79 Å². The number of carbonyl (C=O) groups excluding carboxylic acids is 1. The number of aromatic nitrogens is 2. The molecule has 4 nitrogen and oxygen atoms in total. The topological polar surface area (TPSA) is 54.9 Å². The number of carbonyl (C=O) groups is 1. The summed E-state index contributed by atoms with van der Waals surface area (Å²) in [5.74, 6) is -0.169. The van der Waals surface area contributed by atoms with Crippen LogP contribution in [0.5, 0.6) is 0 Å². The van der Waals surface area contributed by atoms with Crippen LogP contribution >= 0.6 is 11.3 Å². The summed E-state index contributed by atoms with van der Waals surface area (Å²) in [6, 6.07) is 17.6. The highest BCUT2D eigenvalue weighted by molar-refractivity contribution is 7.21. The first-order chi connectivity index (χ1) is 12.2. The highest BCUT2D eigenvalue weighted by atomic mass is 32.1. The van der Waals surface area contributed by atoms with Crippen molar-refractivity contribution in [3.05, 3.63) is 78.1 Å². The molecule has 25 heavy (non-hydrogen) atoms. The molecular formula is C20H15N3OS. The fraction of sp³-hybridized carbons (Fsp3) is 0.0500. The summed E-state index contributed by atoms with van der Waals surface area (Å²) < 4.78 is 1.15. The van der Waals surface area contributed by atoms with E-state index < -0.39 is 0 Å². The zero-order valence-corrected chi connectivity index (χ0v) is 14.4. The number of pyridine rings is 1. The van der Waals surface area contributed by atoms with Crippen LogP contribution in [0.1, 0.15) is 15.9 Å². The van der Waals surface area contributed by atoms with Crippen LogP contribution in [0.4, 0.5) is 5.69 Å². The van der Waals surface area contributed by atoms with Crippen LogP contribution in [0.2, 0.25) is 0 Å². The molecule has 2 heterocycles. The molecule has 0 aliphatic rings. The van der Waals surface area contributed by atoms with Crippen molar-refractivity contribution in [1.82, 2.24) is 9.97 Å². The molecule has 2 aromatic carbocycles. The number of rotatable bonds is 3. The minimum absolute atomic E-state index is 0.169. The van der Waals surface area contributed by atoms with Gasteiger partial charge in [-0.25, -0.2) is 4.98 Å². The van der Waals surface area contributed by atoms with Crippen molar-refractivity contribution in [2.75, 3.05) is 5.32 Å². The lowest BCUT2D eigenvalue weighted by Gasteiger charge is -2.09.